The highest BCUT2D eigenvalue weighted by Crippen LogP contribution is 2.32. The van der Waals surface area contributed by atoms with Gasteiger partial charge in [-0.2, -0.15) is 0 Å². The van der Waals surface area contributed by atoms with Gasteiger partial charge in [-0.3, -0.25) is 4.79 Å². The van der Waals surface area contributed by atoms with Gasteiger partial charge in [0.05, 0.1) is 6.10 Å². The molecule has 0 aromatic heterocycles. The summed E-state index contributed by atoms with van der Waals surface area (Å²) in [5.41, 5.74) is 3.12. The number of aliphatic hydroxyl groups excluding tert-OH is 1. The molecule has 1 aliphatic heterocycles. The van der Waals surface area contributed by atoms with Crippen LogP contribution >= 0.6 is 0 Å². The average molecular weight is 364 g/mol. The molecule has 2 N–H and O–H groups in total. The molecule has 1 atom stereocenters. The Bertz CT molecular complexity index is 748. The van der Waals surface area contributed by atoms with E-state index in [-0.39, 0.29) is 18.1 Å². The Balaban J connectivity index is 1.42. The van der Waals surface area contributed by atoms with Crippen molar-refractivity contribution in [2.24, 2.45) is 5.92 Å². The Morgan fingerprint density at radius 2 is 1.70 bits per heavy atom. The Morgan fingerprint density at radius 3 is 2.33 bits per heavy atom. The van der Waals surface area contributed by atoms with E-state index in [0.717, 1.165) is 32.4 Å². The van der Waals surface area contributed by atoms with E-state index < -0.39 is 0 Å². The van der Waals surface area contributed by atoms with Crippen LogP contribution in [0.3, 0.4) is 0 Å². The molecule has 1 amide bonds. The molecule has 4 rings (SSSR count). The topological polar surface area (TPSA) is 52.6 Å². The predicted octanol–water partition coefficient (Wildman–Crippen LogP) is 3.40. The van der Waals surface area contributed by atoms with Crippen LogP contribution in [0.15, 0.2) is 54.6 Å². The number of benzene rings is 2. The molecular weight excluding hydrogens is 336 g/mol. The molecule has 0 bridgehead atoms. The number of amides is 1. The highest BCUT2D eigenvalue weighted by atomic mass is 16.3. The molecule has 0 radical (unpaired) electrons. The lowest BCUT2D eigenvalue weighted by Gasteiger charge is -2.38. The molecule has 1 saturated carbocycles. The van der Waals surface area contributed by atoms with E-state index in [0.29, 0.717) is 11.5 Å². The van der Waals surface area contributed by atoms with Gasteiger partial charge >= 0.3 is 0 Å². The summed E-state index contributed by atoms with van der Waals surface area (Å²) in [6, 6.07) is 18.3. The predicted molar refractivity (Wildman–Crippen MR) is 108 cm³/mol. The number of rotatable bonds is 6. The molecule has 2 fully saturated rings. The monoisotopic (exact) mass is 364 g/mol. The fourth-order valence-electron chi connectivity index (χ4n) is 4.21. The Hall–Kier alpha value is -2.33. The maximum absolute atomic E-state index is 12.8. The Kier molecular flexibility index (Phi) is 5.44. The first-order valence-corrected chi connectivity index (χ1v) is 10.1. The van der Waals surface area contributed by atoms with Crippen molar-refractivity contribution >= 4 is 11.6 Å². The standard InChI is InChI=1S/C23H28N2O2/c26-21-15-19(16-21)22(14-17-6-2-1-3-7-17)24-23(27)18-8-10-20(11-9-18)25-12-4-5-13-25/h1-3,6-11,19,21-22,26H,4-5,12-16H2,(H,24,27)/t19?,21?,22-/m0/s1. The molecule has 0 spiro atoms. The first-order chi connectivity index (χ1) is 13.2. The second-order valence-electron chi connectivity index (χ2n) is 7.90. The molecule has 4 nitrogen and oxygen atoms in total. The zero-order valence-electron chi connectivity index (χ0n) is 15.7. The molecule has 1 aliphatic carbocycles. The third-order valence-electron chi connectivity index (χ3n) is 5.93. The third kappa shape index (κ3) is 4.33. The van der Waals surface area contributed by atoms with Gasteiger partial charge in [0, 0.05) is 30.4 Å². The van der Waals surface area contributed by atoms with Crippen LogP contribution in [0.5, 0.6) is 0 Å². The van der Waals surface area contributed by atoms with Crippen LogP contribution in [-0.2, 0) is 6.42 Å². The molecule has 27 heavy (non-hydrogen) atoms. The maximum atomic E-state index is 12.8. The summed E-state index contributed by atoms with van der Waals surface area (Å²) in [5.74, 6) is 0.318. The first-order valence-electron chi connectivity index (χ1n) is 10.1. The summed E-state index contributed by atoms with van der Waals surface area (Å²) in [6.07, 6.45) is 4.62. The number of aliphatic hydroxyl groups is 1. The minimum atomic E-state index is -0.218. The summed E-state index contributed by atoms with van der Waals surface area (Å²) < 4.78 is 0. The van der Waals surface area contributed by atoms with Crippen LogP contribution in [0.25, 0.3) is 0 Å². The van der Waals surface area contributed by atoms with Crippen molar-refractivity contribution in [3.05, 3.63) is 65.7 Å². The van der Waals surface area contributed by atoms with Crippen molar-refractivity contribution in [3.8, 4) is 0 Å². The second-order valence-corrected chi connectivity index (χ2v) is 7.90. The second kappa shape index (κ2) is 8.13. The number of carbonyl (C=O) groups excluding carboxylic acids is 1. The van der Waals surface area contributed by atoms with Crippen LogP contribution < -0.4 is 10.2 Å². The highest BCUT2D eigenvalue weighted by Gasteiger charge is 2.34. The number of anilines is 1. The van der Waals surface area contributed by atoms with Crippen LogP contribution in [0.2, 0.25) is 0 Å². The fraction of sp³-hybridized carbons (Fsp3) is 0.435. The molecular formula is C23H28N2O2. The van der Waals surface area contributed by atoms with Gasteiger partial charge in [-0.25, -0.2) is 0 Å². The average Bonchev–Trinajstić information content (AvgIpc) is 3.21. The van der Waals surface area contributed by atoms with E-state index in [1.807, 2.05) is 30.3 Å². The zero-order chi connectivity index (χ0) is 18.6. The van der Waals surface area contributed by atoms with Crippen molar-refractivity contribution in [3.63, 3.8) is 0 Å². The van der Waals surface area contributed by atoms with E-state index in [2.05, 4.69) is 34.5 Å². The number of carbonyl (C=O) groups is 1. The lowest BCUT2D eigenvalue weighted by Crippen LogP contribution is -2.48. The SMILES string of the molecule is O=C(N[C@@H](Cc1ccccc1)C1CC(O)C1)c1ccc(N2CCCC2)cc1. The van der Waals surface area contributed by atoms with Crippen molar-refractivity contribution in [2.45, 2.75) is 44.2 Å². The summed E-state index contributed by atoms with van der Waals surface area (Å²) in [7, 11) is 0. The molecule has 2 aromatic rings. The number of nitrogens with zero attached hydrogens (tertiary/aromatic N) is 1. The summed E-state index contributed by atoms with van der Waals surface area (Å²) in [6.45, 7) is 2.21. The summed E-state index contributed by atoms with van der Waals surface area (Å²) in [4.78, 5) is 15.2. The van der Waals surface area contributed by atoms with Crippen LogP contribution in [0.4, 0.5) is 5.69 Å². The Labute approximate surface area is 161 Å². The molecule has 0 unspecified atom stereocenters. The minimum Gasteiger partial charge on any atom is -0.393 e. The highest BCUT2D eigenvalue weighted by molar-refractivity contribution is 5.94. The van der Waals surface area contributed by atoms with E-state index in [1.165, 1.54) is 24.1 Å². The largest absolute Gasteiger partial charge is 0.393 e. The smallest absolute Gasteiger partial charge is 0.251 e. The van der Waals surface area contributed by atoms with Gasteiger partial charge in [-0.05, 0) is 67.9 Å². The van der Waals surface area contributed by atoms with Crippen molar-refractivity contribution in [2.75, 3.05) is 18.0 Å². The van der Waals surface area contributed by atoms with Gasteiger partial charge in [0.15, 0.2) is 0 Å². The quantitative estimate of drug-likeness (QED) is 0.826. The Morgan fingerprint density at radius 1 is 1.04 bits per heavy atom. The molecule has 2 aromatic carbocycles. The van der Waals surface area contributed by atoms with E-state index in [1.54, 1.807) is 0 Å². The molecule has 142 valence electrons. The van der Waals surface area contributed by atoms with Crippen molar-refractivity contribution < 1.29 is 9.90 Å². The molecule has 4 heteroatoms. The number of hydrogen-bond acceptors (Lipinski definition) is 3. The van der Waals surface area contributed by atoms with E-state index in [4.69, 9.17) is 0 Å². The number of nitrogens with one attached hydrogen (secondary N) is 1. The first kappa shape index (κ1) is 18.1. The van der Waals surface area contributed by atoms with Gasteiger partial charge in [0.25, 0.3) is 5.91 Å². The van der Waals surface area contributed by atoms with Crippen LogP contribution in [0.1, 0.15) is 41.6 Å². The molecule has 2 aliphatic rings. The van der Waals surface area contributed by atoms with Gasteiger partial charge in [0.1, 0.15) is 0 Å². The lowest BCUT2D eigenvalue weighted by atomic mass is 9.75. The van der Waals surface area contributed by atoms with Crippen LogP contribution in [-0.4, -0.2) is 36.2 Å². The van der Waals surface area contributed by atoms with E-state index >= 15 is 0 Å². The van der Waals surface area contributed by atoms with Gasteiger partial charge in [-0.1, -0.05) is 30.3 Å². The molecule has 1 saturated heterocycles. The van der Waals surface area contributed by atoms with Gasteiger partial charge < -0.3 is 15.3 Å². The summed E-state index contributed by atoms with van der Waals surface area (Å²) in [5, 5.41) is 12.9. The maximum Gasteiger partial charge on any atom is 0.251 e. The summed E-state index contributed by atoms with van der Waals surface area (Å²) >= 11 is 0. The molecule has 1 heterocycles. The fourth-order valence-corrected chi connectivity index (χ4v) is 4.21. The van der Waals surface area contributed by atoms with Crippen molar-refractivity contribution in [1.29, 1.82) is 0 Å². The van der Waals surface area contributed by atoms with Gasteiger partial charge in [-0.15, -0.1) is 0 Å². The van der Waals surface area contributed by atoms with Gasteiger partial charge in [0.2, 0.25) is 0 Å². The van der Waals surface area contributed by atoms with E-state index in [9.17, 15) is 9.90 Å². The minimum absolute atomic E-state index is 0.0229. The number of hydrogen-bond donors (Lipinski definition) is 2. The zero-order valence-corrected chi connectivity index (χ0v) is 15.7. The van der Waals surface area contributed by atoms with Crippen LogP contribution in [0, 0.1) is 5.92 Å². The normalized spacial score (nSPS) is 22.9. The lowest BCUT2D eigenvalue weighted by molar-refractivity contribution is 0.0239. The van der Waals surface area contributed by atoms with Crippen molar-refractivity contribution in [1.82, 2.24) is 5.32 Å². The third-order valence-corrected chi connectivity index (χ3v) is 5.93.